The maximum absolute atomic E-state index is 12.4. The molecule has 2 atom stereocenters. The van der Waals surface area contributed by atoms with E-state index in [2.05, 4.69) is 0 Å². The molecule has 0 bridgehead atoms. The highest BCUT2D eigenvalue weighted by molar-refractivity contribution is 7.08. The molecular weight excluding hydrogens is 276 g/mol. The lowest BCUT2D eigenvalue weighted by molar-refractivity contribution is -0.131. The van der Waals surface area contributed by atoms with Crippen molar-refractivity contribution in [3.63, 3.8) is 0 Å². The molecule has 2 fully saturated rings. The molecule has 20 heavy (non-hydrogen) atoms. The van der Waals surface area contributed by atoms with Crippen LogP contribution >= 0.6 is 11.3 Å². The van der Waals surface area contributed by atoms with E-state index >= 15 is 0 Å². The SMILES string of the molecule is COCCC(=O)N1C[C@@H]2CN(c3ccsc3)C(=O)[C@@H]2C1. The van der Waals surface area contributed by atoms with Crippen molar-refractivity contribution in [2.75, 3.05) is 38.3 Å². The summed E-state index contributed by atoms with van der Waals surface area (Å²) >= 11 is 1.60. The smallest absolute Gasteiger partial charge is 0.232 e. The number of amides is 2. The van der Waals surface area contributed by atoms with Crippen LogP contribution in [-0.2, 0) is 14.3 Å². The third-order valence-corrected chi connectivity index (χ3v) is 4.80. The second kappa shape index (κ2) is 5.54. The Bertz CT molecular complexity index is 503. The van der Waals surface area contributed by atoms with E-state index < -0.39 is 0 Å². The number of hydrogen-bond donors (Lipinski definition) is 0. The van der Waals surface area contributed by atoms with Gasteiger partial charge in [-0.05, 0) is 11.4 Å². The van der Waals surface area contributed by atoms with Gasteiger partial charge in [0.15, 0.2) is 0 Å². The fraction of sp³-hybridized carbons (Fsp3) is 0.571. The Hall–Kier alpha value is -1.40. The number of anilines is 1. The molecule has 6 heteroatoms. The van der Waals surface area contributed by atoms with E-state index in [1.54, 1.807) is 18.4 Å². The summed E-state index contributed by atoms with van der Waals surface area (Å²) in [7, 11) is 1.59. The van der Waals surface area contributed by atoms with Crippen molar-refractivity contribution >= 4 is 28.8 Å². The van der Waals surface area contributed by atoms with Crippen LogP contribution in [0.1, 0.15) is 6.42 Å². The molecule has 5 nitrogen and oxygen atoms in total. The van der Waals surface area contributed by atoms with Gasteiger partial charge in [0.1, 0.15) is 0 Å². The van der Waals surface area contributed by atoms with Gasteiger partial charge in [-0.3, -0.25) is 9.59 Å². The van der Waals surface area contributed by atoms with Gasteiger partial charge in [-0.25, -0.2) is 0 Å². The molecule has 3 rings (SSSR count). The molecule has 0 unspecified atom stereocenters. The van der Waals surface area contributed by atoms with Crippen LogP contribution in [0.2, 0.25) is 0 Å². The van der Waals surface area contributed by atoms with Gasteiger partial charge in [-0.1, -0.05) is 0 Å². The highest BCUT2D eigenvalue weighted by atomic mass is 32.1. The number of likely N-dealkylation sites (tertiary alicyclic amines) is 1. The van der Waals surface area contributed by atoms with Crippen molar-refractivity contribution in [2.24, 2.45) is 11.8 Å². The molecular formula is C14H18N2O3S. The summed E-state index contributed by atoms with van der Waals surface area (Å²) in [4.78, 5) is 28.1. The predicted octanol–water partition coefficient (Wildman–Crippen LogP) is 1.21. The first-order valence-corrected chi connectivity index (χ1v) is 7.75. The summed E-state index contributed by atoms with van der Waals surface area (Å²) < 4.78 is 4.93. The summed E-state index contributed by atoms with van der Waals surface area (Å²) in [5.41, 5.74) is 0.992. The number of thiophene rings is 1. The second-order valence-electron chi connectivity index (χ2n) is 5.34. The number of hydrogen-bond acceptors (Lipinski definition) is 4. The zero-order valence-electron chi connectivity index (χ0n) is 11.4. The Morgan fingerprint density at radius 1 is 1.45 bits per heavy atom. The molecule has 2 saturated heterocycles. The Kier molecular flexibility index (Phi) is 3.76. The van der Waals surface area contributed by atoms with E-state index in [0.717, 1.165) is 12.2 Å². The fourth-order valence-corrected chi connectivity index (χ4v) is 3.70. The van der Waals surface area contributed by atoms with E-state index in [1.807, 2.05) is 26.6 Å². The average Bonchev–Trinajstić information content (AvgIpc) is 3.13. The van der Waals surface area contributed by atoms with E-state index in [-0.39, 0.29) is 23.7 Å². The lowest BCUT2D eigenvalue weighted by atomic mass is 10.0. The van der Waals surface area contributed by atoms with E-state index in [0.29, 0.717) is 26.1 Å². The van der Waals surface area contributed by atoms with Crippen LogP contribution in [0.5, 0.6) is 0 Å². The van der Waals surface area contributed by atoms with Gasteiger partial charge in [-0.15, -0.1) is 0 Å². The van der Waals surface area contributed by atoms with Crippen molar-refractivity contribution in [2.45, 2.75) is 6.42 Å². The Balaban J connectivity index is 1.63. The van der Waals surface area contributed by atoms with Crippen molar-refractivity contribution < 1.29 is 14.3 Å². The fourth-order valence-electron chi connectivity index (χ4n) is 3.06. The van der Waals surface area contributed by atoms with Gasteiger partial charge in [-0.2, -0.15) is 11.3 Å². The lowest BCUT2D eigenvalue weighted by Crippen LogP contribution is -2.35. The number of carbonyl (C=O) groups excluding carboxylic acids is 2. The highest BCUT2D eigenvalue weighted by Gasteiger charge is 2.47. The van der Waals surface area contributed by atoms with Crippen LogP contribution in [0.4, 0.5) is 5.69 Å². The number of nitrogens with zero attached hydrogens (tertiary/aromatic N) is 2. The monoisotopic (exact) mass is 294 g/mol. The average molecular weight is 294 g/mol. The first-order chi connectivity index (χ1) is 9.70. The summed E-state index contributed by atoms with van der Waals surface area (Å²) in [6.45, 7) is 2.43. The quantitative estimate of drug-likeness (QED) is 0.838. The maximum Gasteiger partial charge on any atom is 0.232 e. The first-order valence-electron chi connectivity index (χ1n) is 6.81. The van der Waals surface area contributed by atoms with Gasteiger partial charge in [0.05, 0.1) is 24.6 Å². The largest absolute Gasteiger partial charge is 0.384 e. The van der Waals surface area contributed by atoms with Crippen LogP contribution in [-0.4, -0.2) is 50.1 Å². The number of methoxy groups -OCH3 is 1. The minimum atomic E-state index is -0.0265. The number of ether oxygens (including phenoxy) is 1. The van der Waals surface area contributed by atoms with Gasteiger partial charge < -0.3 is 14.5 Å². The molecule has 0 aromatic carbocycles. The van der Waals surface area contributed by atoms with Crippen LogP contribution in [0.25, 0.3) is 0 Å². The molecule has 0 spiro atoms. The van der Waals surface area contributed by atoms with Crippen molar-refractivity contribution in [3.05, 3.63) is 16.8 Å². The Morgan fingerprint density at radius 3 is 2.95 bits per heavy atom. The third kappa shape index (κ3) is 2.33. The van der Waals surface area contributed by atoms with E-state index in [9.17, 15) is 9.59 Å². The van der Waals surface area contributed by atoms with Gasteiger partial charge in [0.2, 0.25) is 11.8 Å². The zero-order valence-corrected chi connectivity index (χ0v) is 12.3. The van der Waals surface area contributed by atoms with Crippen LogP contribution in [0.3, 0.4) is 0 Å². The van der Waals surface area contributed by atoms with Crippen LogP contribution in [0.15, 0.2) is 16.8 Å². The minimum Gasteiger partial charge on any atom is -0.384 e. The molecule has 1 aromatic rings. The Labute approximate surface area is 122 Å². The molecule has 108 valence electrons. The van der Waals surface area contributed by atoms with Crippen molar-refractivity contribution in [1.82, 2.24) is 4.90 Å². The highest BCUT2D eigenvalue weighted by Crippen LogP contribution is 2.35. The van der Waals surface area contributed by atoms with Crippen LogP contribution in [0, 0.1) is 11.8 Å². The number of fused-ring (bicyclic) bond motifs is 1. The molecule has 3 heterocycles. The number of rotatable bonds is 4. The third-order valence-electron chi connectivity index (χ3n) is 4.13. The van der Waals surface area contributed by atoms with E-state index in [1.165, 1.54) is 0 Å². The number of carbonyl (C=O) groups is 2. The molecule has 0 radical (unpaired) electrons. The molecule has 1 aromatic heterocycles. The lowest BCUT2D eigenvalue weighted by Gasteiger charge is -2.21. The molecule has 0 aliphatic carbocycles. The second-order valence-corrected chi connectivity index (χ2v) is 6.12. The van der Waals surface area contributed by atoms with Crippen molar-refractivity contribution in [3.8, 4) is 0 Å². The molecule has 0 saturated carbocycles. The summed E-state index contributed by atoms with van der Waals surface area (Å²) in [5, 5.41) is 3.98. The molecule has 2 aliphatic rings. The minimum absolute atomic E-state index is 0.0265. The Morgan fingerprint density at radius 2 is 2.30 bits per heavy atom. The topological polar surface area (TPSA) is 49.9 Å². The normalized spacial score (nSPS) is 25.4. The molecule has 2 aliphatic heterocycles. The zero-order chi connectivity index (χ0) is 14.1. The maximum atomic E-state index is 12.4. The molecule has 0 N–H and O–H groups in total. The molecule has 2 amide bonds. The van der Waals surface area contributed by atoms with Crippen LogP contribution < -0.4 is 4.90 Å². The summed E-state index contributed by atoms with van der Waals surface area (Å²) in [5.74, 6) is 0.502. The predicted molar refractivity (Wildman–Crippen MR) is 76.7 cm³/mol. The van der Waals surface area contributed by atoms with E-state index in [4.69, 9.17) is 4.74 Å². The van der Waals surface area contributed by atoms with Gasteiger partial charge in [0.25, 0.3) is 0 Å². The van der Waals surface area contributed by atoms with Gasteiger partial charge >= 0.3 is 0 Å². The summed E-state index contributed by atoms with van der Waals surface area (Å²) in [6.07, 6.45) is 0.401. The van der Waals surface area contributed by atoms with Crippen molar-refractivity contribution in [1.29, 1.82) is 0 Å². The summed E-state index contributed by atoms with van der Waals surface area (Å²) in [6, 6.07) is 1.98. The standard InChI is InChI=1S/C14H18N2O3S/c1-19-4-2-13(17)15-6-10-7-16(11-3-5-20-9-11)14(18)12(10)8-15/h3,5,9-10,12H,2,4,6-8H2,1H3/t10-,12-/m1/s1. The first kappa shape index (κ1) is 13.6. The van der Waals surface area contributed by atoms with Gasteiger partial charge in [0, 0.05) is 38.0 Å².